The summed E-state index contributed by atoms with van der Waals surface area (Å²) >= 11 is 0. The third kappa shape index (κ3) is 5.45. The lowest BCUT2D eigenvalue weighted by molar-refractivity contribution is -0.131. The standard InChI is InChI=1S/C21H22F2N4O5S/c1-13(27(33(4,29)30)15-8-9-17(22)18(23)11-15)21(28)26(2)12-19-24-20(25-32-19)14-6-5-7-16(10-14)31-3/h5-11,13H,12H2,1-4H3/t13-/m0/s1. The van der Waals surface area contributed by atoms with Gasteiger partial charge in [0.05, 0.1) is 25.6 Å². The predicted molar refractivity (Wildman–Crippen MR) is 116 cm³/mol. The van der Waals surface area contributed by atoms with Gasteiger partial charge in [0.25, 0.3) is 0 Å². The van der Waals surface area contributed by atoms with Crippen molar-refractivity contribution in [3.05, 3.63) is 60.0 Å². The fourth-order valence-corrected chi connectivity index (χ4v) is 4.38. The number of benzene rings is 2. The van der Waals surface area contributed by atoms with Crippen LogP contribution in [0.5, 0.6) is 5.75 Å². The number of hydrogen-bond donors (Lipinski definition) is 0. The summed E-state index contributed by atoms with van der Waals surface area (Å²) in [5.74, 6) is -1.96. The van der Waals surface area contributed by atoms with Crippen molar-refractivity contribution in [3.63, 3.8) is 0 Å². The minimum Gasteiger partial charge on any atom is -0.497 e. The highest BCUT2D eigenvalue weighted by Gasteiger charge is 2.32. The van der Waals surface area contributed by atoms with E-state index in [9.17, 15) is 22.0 Å². The Morgan fingerprint density at radius 2 is 1.91 bits per heavy atom. The topological polar surface area (TPSA) is 106 Å². The molecule has 0 fully saturated rings. The molecular formula is C21H22F2N4O5S. The molecule has 176 valence electrons. The molecule has 1 heterocycles. The lowest BCUT2D eigenvalue weighted by Gasteiger charge is -2.30. The van der Waals surface area contributed by atoms with Crippen molar-refractivity contribution in [2.75, 3.05) is 24.7 Å². The Kier molecular flexibility index (Phi) is 6.96. The maximum atomic E-state index is 13.7. The number of methoxy groups -OCH3 is 1. The molecule has 2 aromatic carbocycles. The van der Waals surface area contributed by atoms with Gasteiger partial charge in [-0.05, 0) is 31.2 Å². The molecule has 0 spiro atoms. The molecule has 0 bridgehead atoms. The van der Waals surface area contributed by atoms with E-state index in [0.717, 1.165) is 28.8 Å². The van der Waals surface area contributed by atoms with Gasteiger partial charge in [0, 0.05) is 18.7 Å². The van der Waals surface area contributed by atoms with Gasteiger partial charge < -0.3 is 14.2 Å². The van der Waals surface area contributed by atoms with Gasteiger partial charge in [0.2, 0.25) is 27.6 Å². The minimum absolute atomic E-state index is 0.102. The second-order valence-corrected chi connectivity index (χ2v) is 9.13. The Bertz CT molecular complexity index is 1270. The highest BCUT2D eigenvalue weighted by molar-refractivity contribution is 7.92. The van der Waals surface area contributed by atoms with Crippen molar-refractivity contribution in [3.8, 4) is 17.1 Å². The second kappa shape index (κ2) is 9.53. The monoisotopic (exact) mass is 480 g/mol. The van der Waals surface area contributed by atoms with Crippen molar-refractivity contribution >= 4 is 21.6 Å². The van der Waals surface area contributed by atoms with E-state index < -0.39 is 33.6 Å². The van der Waals surface area contributed by atoms with Crippen LogP contribution >= 0.6 is 0 Å². The molecule has 1 aromatic heterocycles. The quantitative estimate of drug-likeness (QED) is 0.488. The number of carbonyl (C=O) groups is 1. The Balaban J connectivity index is 1.79. The van der Waals surface area contributed by atoms with Crippen LogP contribution in [0, 0.1) is 11.6 Å². The van der Waals surface area contributed by atoms with Crippen molar-refractivity contribution in [1.29, 1.82) is 0 Å². The van der Waals surface area contributed by atoms with Gasteiger partial charge in [0.1, 0.15) is 11.8 Å². The Hall–Kier alpha value is -3.54. The molecule has 33 heavy (non-hydrogen) atoms. The molecule has 0 saturated heterocycles. The van der Waals surface area contributed by atoms with E-state index in [1.807, 2.05) is 0 Å². The van der Waals surface area contributed by atoms with Crippen LogP contribution < -0.4 is 9.04 Å². The summed E-state index contributed by atoms with van der Waals surface area (Å²) in [7, 11) is -1.04. The lowest BCUT2D eigenvalue weighted by Crippen LogP contribution is -2.48. The van der Waals surface area contributed by atoms with E-state index in [4.69, 9.17) is 9.26 Å². The zero-order valence-corrected chi connectivity index (χ0v) is 19.1. The van der Waals surface area contributed by atoms with Crippen molar-refractivity contribution in [2.45, 2.75) is 19.5 Å². The summed E-state index contributed by atoms with van der Waals surface area (Å²) in [5, 5.41) is 3.90. The number of carbonyl (C=O) groups excluding carboxylic acids is 1. The lowest BCUT2D eigenvalue weighted by atomic mass is 10.2. The van der Waals surface area contributed by atoms with E-state index >= 15 is 0 Å². The maximum Gasteiger partial charge on any atom is 0.246 e. The van der Waals surface area contributed by atoms with Crippen LogP contribution in [0.4, 0.5) is 14.5 Å². The molecule has 0 aliphatic carbocycles. The third-order valence-electron chi connectivity index (χ3n) is 4.77. The first kappa shape index (κ1) is 24.1. The Morgan fingerprint density at radius 1 is 1.18 bits per heavy atom. The van der Waals surface area contributed by atoms with Crippen LogP contribution in [0.3, 0.4) is 0 Å². The second-order valence-electron chi connectivity index (χ2n) is 7.27. The van der Waals surface area contributed by atoms with Crippen LogP contribution in [0.25, 0.3) is 11.4 Å². The van der Waals surface area contributed by atoms with Crippen LogP contribution in [-0.4, -0.2) is 55.8 Å². The summed E-state index contributed by atoms with van der Waals surface area (Å²) in [4.78, 5) is 18.4. The molecule has 12 heteroatoms. The first-order chi connectivity index (χ1) is 15.5. The highest BCUT2D eigenvalue weighted by Crippen LogP contribution is 2.25. The van der Waals surface area contributed by atoms with Crippen LogP contribution in [0.1, 0.15) is 12.8 Å². The summed E-state index contributed by atoms with van der Waals surface area (Å²) < 4.78 is 62.8. The summed E-state index contributed by atoms with van der Waals surface area (Å²) in [6, 6.07) is 8.36. The average Bonchev–Trinajstić information content (AvgIpc) is 3.23. The first-order valence-electron chi connectivity index (χ1n) is 9.67. The van der Waals surface area contributed by atoms with E-state index in [-0.39, 0.29) is 23.9 Å². The molecule has 0 aliphatic rings. The number of likely N-dealkylation sites (N-methyl/N-ethyl adjacent to an activating group) is 1. The van der Waals surface area contributed by atoms with Gasteiger partial charge >= 0.3 is 0 Å². The average molecular weight is 480 g/mol. The fraction of sp³-hybridized carbons (Fsp3) is 0.286. The van der Waals surface area contributed by atoms with Crippen molar-refractivity contribution in [1.82, 2.24) is 15.0 Å². The number of hydrogen-bond acceptors (Lipinski definition) is 7. The zero-order chi connectivity index (χ0) is 24.3. The number of ether oxygens (including phenoxy) is 1. The maximum absolute atomic E-state index is 13.7. The molecular weight excluding hydrogens is 458 g/mol. The van der Waals surface area contributed by atoms with E-state index in [1.165, 1.54) is 26.0 Å². The molecule has 3 aromatic rings. The Morgan fingerprint density at radius 3 is 2.55 bits per heavy atom. The molecule has 1 atom stereocenters. The minimum atomic E-state index is -4.00. The first-order valence-corrected chi connectivity index (χ1v) is 11.5. The smallest absolute Gasteiger partial charge is 0.246 e. The molecule has 9 nitrogen and oxygen atoms in total. The number of aromatic nitrogens is 2. The fourth-order valence-electron chi connectivity index (χ4n) is 3.22. The molecule has 3 rings (SSSR count). The Labute approximate surface area is 189 Å². The molecule has 0 aliphatic heterocycles. The molecule has 0 radical (unpaired) electrons. The van der Waals surface area contributed by atoms with Crippen LogP contribution in [0.2, 0.25) is 0 Å². The summed E-state index contributed by atoms with van der Waals surface area (Å²) in [6.45, 7) is 1.24. The largest absolute Gasteiger partial charge is 0.497 e. The zero-order valence-electron chi connectivity index (χ0n) is 18.3. The van der Waals surface area contributed by atoms with Gasteiger partial charge in [-0.1, -0.05) is 17.3 Å². The van der Waals surface area contributed by atoms with Crippen LogP contribution in [-0.2, 0) is 21.4 Å². The van der Waals surface area contributed by atoms with Crippen molar-refractivity contribution < 1.29 is 31.3 Å². The molecule has 0 N–H and O–H groups in total. The van der Waals surface area contributed by atoms with Crippen LogP contribution in [0.15, 0.2) is 47.0 Å². The van der Waals surface area contributed by atoms with Gasteiger partial charge in [0.15, 0.2) is 11.6 Å². The number of rotatable bonds is 8. The molecule has 0 unspecified atom stereocenters. The number of anilines is 1. The van der Waals surface area contributed by atoms with Gasteiger partial charge in [-0.2, -0.15) is 4.98 Å². The number of amides is 1. The molecule has 0 saturated carbocycles. The summed E-state index contributed by atoms with van der Waals surface area (Å²) in [5.41, 5.74) is 0.469. The number of halogens is 2. The number of nitrogens with zero attached hydrogens (tertiary/aromatic N) is 4. The van der Waals surface area contributed by atoms with Gasteiger partial charge in [-0.25, -0.2) is 17.2 Å². The third-order valence-corrected chi connectivity index (χ3v) is 6.01. The van der Waals surface area contributed by atoms with Gasteiger partial charge in [-0.3, -0.25) is 9.10 Å². The normalized spacial score (nSPS) is 12.3. The highest BCUT2D eigenvalue weighted by atomic mass is 32.2. The van der Waals surface area contributed by atoms with Gasteiger partial charge in [-0.15, -0.1) is 0 Å². The summed E-state index contributed by atoms with van der Waals surface area (Å²) in [6.07, 6.45) is 0.871. The molecule has 1 amide bonds. The van der Waals surface area contributed by atoms with E-state index in [1.54, 1.807) is 24.3 Å². The predicted octanol–water partition coefficient (Wildman–Crippen LogP) is 2.84. The van der Waals surface area contributed by atoms with E-state index in [2.05, 4.69) is 10.1 Å². The van der Waals surface area contributed by atoms with E-state index in [0.29, 0.717) is 11.3 Å². The SMILES string of the molecule is COc1cccc(-c2noc(CN(C)C(=O)[C@H](C)N(c3ccc(F)c(F)c3)S(C)(=O)=O)n2)c1. The van der Waals surface area contributed by atoms with Crippen molar-refractivity contribution in [2.24, 2.45) is 0 Å². The number of sulfonamides is 1.